The van der Waals surface area contributed by atoms with Crippen LogP contribution in [0.5, 0.6) is 0 Å². The van der Waals surface area contributed by atoms with Crippen LogP contribution in [0.2, 0.25) is 0 Å². The average molecular weight is 272 g/mol. The highest BCUT2D eigenvalue weighted by atomic mass is 32.2. The molecule has 0 amide bonds. The van der Waals surface area contributed by atoms with Crippen molar-refractivity contribution in [2.45, 2.75) is 24.7 Å². The van der Waals surface area contributed by atoms with Gasteiger partial charge in [-0.2, -0.15) is 8.42 Å². The first-order valence-corrected chi connectivity index (χ1v) is 7.50. The smallest absolute Gasteiger partial charge is 0.294 e. The molecule has 1 aromatic carbocycles. The summed E-state index contributed by atoms with van der Waals surface area (Å²) in [5.74, 6) is 0. The zero-order valence-corrected chi connectivity index (χ0v) is 11.3. The summed E-state index contributed by atoms with van der Waals surface area (Å²) in [6.07, 6.45) is 2.35. The molecular formula is C12H20N2O3S. The first kappa shape index (κ1) is 14.9. The predicted molar refractivity (Wildman–Crippen MR) is 72.5 cm³/mol. The van der Waals surface area contributed by atoms with E-state index >= 15 is 0 Å². The van der Waals surface area contributed by atoms with Gasteiger partial charge in [-0.15, -0.1) is 0 Å². The topological polar surface area (TPSA) is 78.4 Å². The normalized spacial score (nSPS) is 11.4. The third-order valence-corrected chi connectivity index (χ3v) is 3.36. The summed E-state index contributed by atoms with van der Waals surface area (Å²) in [5.41, 5.74) is 0.833. The van der Waals surface area contributed by atoms with Gasteiger partial charge in [-0.05, 0) is 37.2 Å². The van der Waals surface area contributed by atoms with Crippen molar-refractivity contribution in [2.75, 3.05) is 25.0 Å². The highest BCUT2D eigenvalue weighted by Gasteiger charge is 2.07. The molecular weight excluding hydrogens is 252 g/mol. The Hall–Kier alpha value is -1.11. The Balaban J connectivity index is 2.32. The number of rotatable bonds is 8. The van der Waals surface area contributed by atoms with Crippen molar-refractivity contribution in [1.29, 1.82) is 0 Å². The van der Waals surface area contributed by atoms with Crippen LogP contribution in [-0.2, 0) is 10.1 Å². The molecule has 18 heavy (non-hydrogen) atoms. The molecule has 3 N–H and O–H groups in total. The second-order valence-electron chi connectivity index (χ2n) is 4.03. The molecule has 1 aromatic rings. The standard InChI is InChI=1S/C12H20N2O3S/c1-2-3-8-13-9-10-14-11-4-6-12(7-5-11)18(15,16)17/h4-7,13-14H,2-3,8-10H2,1H3,(H,15,16,17). The third kappa shape index (κ3) is 5.48. The van der Waals surface area contributed by atoms with Gasteiger partial charge in [0.25, 0.3) is 10.1 Å². The van der Waals surface area contributed by atoms with Crippen LogP contribution < -0.4 is 10.6 Å². The number of anilines is 1. The van der Waals surface area contributed by atoms with Gasteiger partial charge in [0.2, 0.25) is 0 Å². The van der Waals surface area contributed by atoms with Crippen LogP contribution in [0.25, 0.3) is 0 Å². The van der Waals surface area contributed by atoms with Crippen molar-refractivity contribution in [3.63, 3.8) is 0 Å². The lowest BCUT2D eigenvalue weighted by Crippen LogP contribution is -2.23. The minimum absolute atomic E-state index is 0.0888. The van der Waals surface area contributed by atoms with E-state index in [1.807, 2.05) is 0 Å². The van der Waals surface area contributed by atoms with Gasteiger partial charge >= 0.3 is 0 Å². The van der Waals surface area contributed by atoms with E-state index in [1.54, 1.807) is 12.1 Å². The number of hydrogen-bond acceptors (Lipinski definition) is 4. The van der Waals surface area contributed by atoms with Crippen LogP contribution in [0, 0.1) is 0 Å². The second-order valence-corrected chi connectivity index (χ2v) is 5.45. The van der Waals surface area contributed by atoms with E-state index in [0.29, 0.717) is 0 Å². The van der Waals surface area contributed by atoms with Crippen molar-refractivity contribution >= 4 is 15.8 Å². The van der Waals surface area contributed by atoms with Gasteiger partial charge in [-0.3, -0.25) is 4.55 Å². The lowest BCUT2D eigenvalue weighted by atomic mass is 10.3. The van der Waals surface area contributed by atoms with Crippen LogP contribution in [0.1, 0.15) is 19.8 Å². The maximum absolute atomic E-state index is 10.8. The highest BCUT2D eigenvalue weighted by Crippen LogP contribution is 2.13. The summed E-state index contributed by atoms with van der Waals surface area (Å²) in [6, 6.07) is 6.02. The Morgan fingerprint density at radius 1 is 1.11 bits per heavy atom. The predicted octanol–water partition coefficient (Wildman–Crippen LogP) is 1.73. The Morgan fingerprint density at radius 3 is 2.33 bits per heavy atom. The second kappa shape index (κ2) is 7.35. The Bertz CT molecular complexity index is 443. The van der Waals surface area contributed by atoms with E-state index in [2.05, 4.69) is 17.6 Å². The molecule has 6 heteroatoms. The fourth-order valence-corrected chi connectivity index (χ4v) is 1.95. The van der Waals surface area contributed by atoms with Crippen molar-refractivity contribution in [1.82, 2.24) is 5.32 Å². The molecule has 0 fully saturated rings. The number of benzene rings is 1. The zero-order chi connectivity index (χ0) is 13.4. The SMILES string of the molecule is CCCCNCCNc1ccc(S(=O)(=O)O)cc1. The minimum atomic E-state index is -4.10. The van der Waals surface area contributed by atoms with Gasteiger partial charge in [0.05, 0.1) is 4.90 Å². The molecule has 102 valence electrons. The molecule has 0 radical (unpaired) electrons. The van der Waals surface area contributed by atoms with E-state index < -0.39 is 10.1 Å². The first-order chi connectivity index (χ1) is 8.54. The van der Waals surface area contributed by atoms with Crippen LogP contribution >= 0.6 is 0 Å². The van der Waals surface area contributed by atoms with E-state index in [4.69, 9.17) is 4.55 Å². The maximum Gasteiger partial charge on any atom is 0.294 e. The molecule has 0 unspecified atom stereocenters. The van der Waals surface area contributed by atoms with E-state index in [1.165, 1.54) is 25.0 Å². The average Bonchev–Trinajstić information content (AvgIpc) is 2.33. The number of unbranched alkanes of at least 4 members (excludes halogenated alkanes) is 1. The highest BCUT2D eigenvalue weighted by molar-refractivity contribution is 7.85. The van der Waals surface area contributed by atoms with Gasteiger partial charge in [0, 0.05) is 18.8 Å². The third-order valence-electron chi connectivity index (χ3n) is 2.49. The molecule has 0 saturated carbocycles. The number of hydrogen-bond donors (Lipinski definition) is 3. The van der Waals surface area contributed by atoms with Crippen LogP contribution in [0.3, 0.4) is 0 Å². The lowest BCUT2D eigenvalue weighted by Gasteiger charge is -2.07. The Morgan fingerprint density at radius 2 is 1.78 bits per heavy atom. The van der Waals surface area contributed by atoms with Crippen molar-refractivity contribution in [2.24, 2.45) is 0 Å². The zero-order valence-electron chi connectivity index (χ0n) is 10.5. The summed E-state index contributed by atoms with van der Waals surface area (Å²) in [6.45, 7) is 4.80. The van der Waals surface area contributed by atoms with E-state index in [0.717, 1.165) is 25.3 Å². The minimum Gasteiger partial charge on any atom is -0.384 e. The molecule has 0 heterocycles. The largest absolute Gasteiger partial charge is 0.384 e. The van der Waals surface area contributed by atoms with Gasteiger partial charge in [-0.25, -0.2) is 0 Å². The Kier molecular flexibility index (Phi) is 6.11. The van der Waals surface area contributed by atoms with E-state index in [-0.39, 0.29) is 4.90 Å². The van der Waals surface area contributed by atoms with Crippen molar-refractivity contribution < 1.29 is 13.0 Å². The summed E-state index contributed by atoms with van der Waals surface area (Å²) in [4.78, 5) is -0.0888. The summed E-state index contributed by atoms with van der Waals surface area (Å²) in [7, 11) is -4.10. The Labute approximate surface area is 108 Å². The van der Waals surface area contributed by atoms with Gasteiger partial charge < -0.3 is 10.6 Å². The fraction of sp³-hybridized carbons (Fsp3) is 0.500. The van der Waals surface area contributed by atoms with Gasteiger partial charge in [0.1, 0.15) is 0 Å². The molecule has 0 aliphatic rings. The molecule has 0 aliphatic heterocycles. The molecule has 0 saturated heterocycles. The summed E-state index contributed by atoms with van der Waals surface area (Å²) in [5, 5.41) is 6.46. The molecule has 0 aliphatic carbocycles. The van der Waals surface area contributed by atoms with E-state index in [9.17, 15) is 8.42 Å². The maximum atomic E-state index is 10.8. The molecule has 0 aromatic heterocycles. The molecule has 5 nitrogen and oxygen atoms in total. The van der Waals surface area contributed by atoms with Crippen LogP contribution in [0.4, 0.5) is 5.69 Å². The van der Waals surface area contributed by atoms with Crippen LogP contribution in [-0.4, -0.2) is 32.6 Å². The molecule has 0 atom stereocenters. The number of nitrogens with one attached hydrogen (secondary N) is 2. The molecule has 1 rings (SSSR count). The molecule has 0 spiro atoms. The first-order valence-electron chi connectivity index (χ1n) is 6.06. The summed E-state index contributed by atoms with van der Waals surface area (Å²) >= 11 is 0. The molecule has 0 bridgehead atoms. The van der Waals surface area contributed by atoms with Crippen molar-refractivity contribution in [3.05, 3.63) is 24.3 Å². The van der Waals surface area contributed by atoms with Crippen molar-refractivity contribution in [3.8, 4) is 0 Å². The van der Waals surface area contributed by atoms with Gasteiger partial charge in [-0.1, -0.05) is 13.3 Å². The quantitative estimate of drug-likeness (QED) is 0.496. The summed E-state index contributed by atoms with van der Waals surface area (Å²) < 4.78 is 30.5. The van der Waals surface area contributed by atoms with Crippen LogP contribution in [0.15, 0.2) is 29.2 Å². The van der Waals surface area contributed by atoms with Gasteiger partial charge in [0.15, 0.2) is 0 Å². The lowest BCUT2D eigenvalue weighted by molar-refractivity contribution is 0.483. The fourth-order valence-electron chi connectivity index (χ4n) is 1.47. The monoisotopic (exact) mass is 272 g/mol.